The monoisotopic (exact) mass is 181 g/mol. The fraction of sp³-hybridized carbons (Fsp3) is 0.222. The molecule has 0 aliphatic carbocycles. The van der Waals surface area contributed by atoms with E-state index in [1.165, 1.54) is 12.1 Å². The Bertz CT molecular complexity index is 361. The molecule has 1 saturated heterocycles. The number of hydrogen-bond donors (Lipinski definition) is 2. The third-order valence-corrected chi connectivity index (χ3v) is 2.03. The lowest BCUT2D eigenvalue weighted by atomic mass is 10.1. The first kappa shape index (κ1) is 8.19. The fourth-order valence-corrected chi connectivity index (χ4v) is 1.22. The van der Waals surface area contributed by atoms with Crippen molar-refractivity contribution in [2.75, 3.05) is 6.54 Å². The van der Waals surface area contributed by atoms with E-state index in [9.17, 15) is 9.18 Å². The largest absolute Gasteiger partial charge is 0.478 e. The zero-order valence-corrected chi connectivity index (χ0v) is 6.75. The second-order valence-electron chi connectivity index (χ2n) is 3.00. The van der Waals surface area contributed by atoms with E-state index in [2.05, 4.69) is 5.32 Å². The molecule has 0 amide bonds. The van der Waals surface area contributed by atoms with Crippen molar-refractivity contribution in [2.45, 2.75) is 6.04 Å². The maximum atomic E-state index is 13.2. The quantitative estimate of drug-likeness (QED) is 0.673. The second-order valence-corrected chi connectivity index (χ2v) is 3.00. The number of benzene rings is 1. The van der Waals surface area contributed by atoms with Gasteiger partial charge in [-0.15, -0.1) is 0 Å². The molecule has 0 radical (unpaired) electrons. The van der Waals surface area contributed by atoms with E-state index in [4.69, 9.17) is 5.11 Å². The van der Waals surface area contributed by atoms with Crippen molar-refractivity contribution in [1.29, 1.82) is 0 Å². The molecule has 1 unspecified atom stereocenters. The van der Waals surface area contributed by atoms with Crippen LogP contribution in [0.1, 0.15) is 22.0 Å². The fourth-order valence-electron chi connectivity index (χ4n) is 1.22. The van der Waals surface area contributed by atoms with Gasteiger partial charge in [0, 0.05) is 18.2 Å². The minimum Gasteiger partial charge on any atom is -0.478 e. The molecule has 1 aromatic carbocycles. The molecule has 2 rings (SSSR count). The first-order chi connectivity index (χ1) is 6.18. The summed E-state index contributed by atoms with van der Waals surface area (Å²) in [7, 11) is 0. The van der Waals surface area contributed by atoms with Crippen LogP contribution < -0.4 is 5.32 Å². The van der Waals surface area contributed by atoms with Crippen molar-refractivity contribution < 1.29 is 14.3 Å². The lowest BCUT2D eigenvalue weighted by molar-refractivity contribution is 0.0696. The minimum atomic E-state index is -1.10. The number of carboxylic acids is 1. The molecular formula is C9H8FNO2. The molecule has 1 heterocycles. The highest BCUT2D eigenvalue weighted by molar-refractivity contribution is 5.87. The number of hydrogen-bond acceptors (Lipinski definition) is 2. The summed E-state index contributed by atoms with van der Waals surface area (Å²) in [4.78, 5) is 10.5. The predicted molar refractivity (Wildman–Crippen MR) is 44.1 cm³/mol. The van der Waals surface area contributed by atoms with Gasteiger partial charge in [0.25, 0.3) is 0 Å². The van der Waals surface area contributed by atoms with Crippen LogP contribution in [0.3, 0.4) is 0 Å². The summed E-state index contributed by atoms with van der Waals surface area (Å²) in [6, 6.07) is 4.06. The molecule has 1 fully saturated rings. The zero-order chi connectivity index (χ0) is 9.42. The zero-order valence-electron chi connectivity index (χ0n) is 6.75. The lowest BCUT2D eigenvalue weighted by Gasteiger charge is -2.00. The Morgan fingerprint density at radius 2 is 2.31 bits per heavy atom. The molecule has 0 spiro atoms. The molecule has 2 N–H and O–H groups in total. The summed E-state index contributed by atoms with van der Waals surface area (Å²) in [6.45, 7) is 0.767. The number of halogens is 1. The normalized spacial score (nSPS) is 19.9. The second kappa shape index (κ2) is 2.81. The van der Waals surface area contributed by atoms with Crippen molar-refractivity contribution in [1.82, 2.24) is 5.32 Å². The summed E-state index contributed by atoms with van der Waals surface area (Å²) in [5, 5.41) is 11.5. The van der Waals surface area contributed by atoms with Gasteiger partial charge in [-0.2, -0.15) is 0 Å². The van der Waals surface area contributed by atoms with Crippen molar-refractivity contribution in [3.8, 4) is 0 Å². The molecule has 3 nitrogen and oxygen atoms in total. The van der Waals surface area contributed by atoms with Crippen LogP contribution in [-0.4, -0.2) is 17.6 Å². The SMILES string of the molecule is O=C(O)c1ccc(C2CN2)c(F)c1. The molecule has 0 saturated carbocycles. The molecule has 68 valence electrons. The molecule has 0 bridgehead atoms. The maximum Gasteiger partial charge on any atom is 0.335 e. The van der Waals surface area contributed by atoms with Crippen molar-refractivity contribution >= 4 is 5.97 Å². The summed E-state index contributed by atoms with van der Waals surface area (Å²) in [5.74, 6) is -1.55. The van der Waals surface area contributed by atoms with Gasteiger partial charge in [-0.3, -0.25) is 0 Å². The Labute approximate surface area is 74.2 Å². The smallest absolute Gasteiger partial charge is 0.335 e. The number of carbonyl (C=O) groups is 1. The Hall–Kier alpha value is -1.42. The van der Waals surface area contributed by atoms with E-state index in [1.807, 2.05) is 0 Å². The van der Waals surface area contributed by atoms with Crippen LogP contribution in [0.2, 0.25) is 0 Å². The van der Waals surface area contributed by atoms with Crippen LogP contribution in [0.4, 0.5) is 4.39 Å². The van der Waals surface area contributed by atoms with Crippen LogP contribution in [0.25, 0.3) is 0 Å². The van der Waals surface area contributed by atoms with Gasteiger partial charge in [0.15, 0.2) is 0 Å². The first-order valence-electron chi connectivity index (χ1n) is 3.94. The number of carboxylic acid groups (broad SMARTS) is 1. The highest BCUT2D eigenvalue weighted by Gasteiger charge is 2.25. The van der Waals surface area contributed by atoms with Gasteiger partial charge in [0.2, 0.25) is 0 Å². The van der Waals surface area contributed by atoms with Gasteiger partial charge in [-0.1, -0.05) is 6.07 Å². The molecule has 4 heteroatoms. The van der Waals surface area contributed by atoms with Crippen LogP contribution in [0.15, 0.2) is 18.2 Å². The van der Waals surface area contributed by atoms with E-state index in [-0.39, 0.29) is 11.6 Å². The Morgan fingerprint density at radius 3 is 2.77 bits per heavy atom. The topological polar surface area (TPSA) is 59.2 Å². The van der Waals surface area contributed by atoms with Gasteiger partial charge in [0.1, 0.15) is 5.82 Å². The van der Waals surface area contributed by atoms with E-state index in [1.54, 1.807) is 0 Å². The van der Waals surface area contributed by atoms with Gasteiger partial charge in [-0.25, -0.2) is 9.18 Å². The highest BCUT2D eigenvalue weighted by atomic mass is 19.1. The third kappa shape index (κ3) is 1.53. The Kier molecular flexibility index (Phi) is 1.77. The Morgan fingerprint density at radius 1 is 1.62 bits per heavy atom. The van der Waals surface area contributed by atoms with E-state index in [0.717, 1.165) is 12.6 Å². The lowest BCUT2D eigenvalue weighted by Crippen LogP contribution is -1.99. The molecule has 13 heavy (non-hydrogen) atoms. The average molecular weight is 181 g/mol. The van der Waals surface area contributed by atoms with Gasteiger partial charge in [0.05, 0.1) is 5.56 Å². The van der Waals surface area contributed by atoms with Gasteiger partial charge < -0.3 is 10.4 Å². The molecular weight excluding hydrogens is 173 g/mol. The van der Waals surface area contributed by atoms with Crippen LogP contribution in [0, 0.1) is 5.82 Å². The molecule has 1 aliphatic heterocycles. The summed E-state index contributed by atoms with van der Waals surface area (Å²) >= 11 is 0. The van der Waals surface area contributed by atoms with Gasteiger partial charge in [-0.05, 0) is 12.1 Å². The summed E-state index contributed by atoms with van der Waals surface area (Å²) < 4.78 is 13.2. The van der Waals surface area contributed by atoms with Crippen LogP contribution in [0.5, 0.6) is 0 Å². The predicted octanol–water partition coefficient (Wildman–Crippen LogP) is 1.17. The summed E-state index contributed by atoms with van der Waals surface area (Å²) in [6.07, 6.45) is 0. The average Bonchev–Trinajstić information content (AvgIpc) is 2.87. The van der Waals surface area contributed by atoms with Crippen molar-refractivity contribution in [2.24, 2.45) is 0 Å². The van der Waals surface area contributed by atoms with E-state index < -0.39 is 11.8 Å². The van der Waals surface area contributed by atoms with Crippen LogP contribution >= 0.6 is 0 Å². The summed E-state index contributed by atoms with van der Waals surface area (Å²) in [5.41, 5.74) is 0.534. The van der Waals surface area contributed by atoms with E-state index >= 15 is 0 Å². The Balaban J connectivity index is 2.36. The third-order valence-electron chi connectivity index (χ3n) is 2.03. The first-order valence-corrected chi connectivity index (χ1v) is 3.94. The molecule has 1 atom stereocenters. The number of nitrogens with one attached hydrogen (secondary N) is 1. The highest BCUT2D eigenvalue weighted by Crippen LogP contribution is 2.24. The molecule has 1 aliphatic rings. The van der Waals surface area contributed by atoms with Gasteiger partial charge >= 0.3 is 5.97 Å². The molecule has 0 aromatic heterocycles. The number of aromatic carboxylic acids is 1. The molecule has 1 aromatic rings. The van der Waals surface area contributed by atoms with Crippen molar-refractivity contribution in [3.05, 3.63) is 35.1 Å². The number of rotatable bonds is 2. The van der Waals surface area contributed by atoms with Crippen LogP contribution in [-0.2, 0) is 0 Å². The minimum absolute atomic E-state index is 0.0121. The maximum absolute atomic E-state index is 13.2. The van der Waals surface area contributed by atoms with Crippen molar-refractivity contribution in [3.63, 3.8) is 0 Å². The van der Waals surface area contributed by atoms with E-state index in [0.29, 0.717) is 5.56 Å². The standard InChI is InChI=1S/C9H8FNO2/c10-7-3-5(9(12)13)1-2-6(7)8-4-11-8/h1-3,8,11H,4H2,(H,12,13).